The Kier molecular flexibility index (Phi) is 2.54. The van der Waals surface area contributed by atoms with Crippen molar-refractivity contribution in [3.63, 3.8) is 0 Å². The zero-order valence-corrected chi connectivity index (χ0v) is 7.54. The number of hydrogen-bond donors (Lipinski definition) is 0. The van der Waals surface area contributed by atoms with E-state index in [0.717, 1.165) is 25.2 Å². The topological polar surface area (TPSA) is 16.1 Å². The Morgan fingerprint density at radius 1 is 1.31 bits per heavy atom. The molecule has 70 valence electrons. The van der Waals surface area contributed by atoms with Crippen molar-refractivity contribution >= 4 is 0 Å². The van der Waals surface area contributed by atoms with Crippen molar-refractivity contribution in [2.75, 3.05) is 13.1 Å². The fourth-order valence-electron chi connectivity index (χ4n) is 1.70. The van der Waals surface area contributed by atoms with Gasteiger partial charge in [-0.15, -0.1) is 0 Å². The van der Waals surface area contributed by atoms with E-state index >= 15 is 0 Å². The number of pyridine rings is 1. The van der Waals surface area contributed by atoms with Gasteiger partial charge in [-0.25, -0.2) is 4.98 Å². The van der Waals surface area contributed by atoms with Gasteiger partial charge in [0.15, 0.2) is 0 Å². The number of nitrogens with zero attached hydrogens (tertiary/aromatic N) is 2. The minimum Gasteiger partial charge on any atom is -0.299 e. The lowest BCUT2D eigenvalue weighted by Crippen LogP contribution is -2.18. The van der Waals surface area contributed by atoms with Crippen LogP contribution in [0.2, 0.25) is 0 Å². The van der Waals surface area contributed by atoms with Crippen molar-refractivity contribution in [2.45, 2.75) is 19.4 Å². The van der Waals surface area contributed by atoms with Crippen molar-refractivity contribution < 1.29 is 4.39 Å². The Bertz CT molecular complexity index is 265. The van der Waals surface area contributed by atoms with Gasteiger partial charge in [0.05, 0.1) is 0 Å². The molecule has 0 N–H and O–H groups in total. The van der Waals surface area contributed by atoms with E-state index in [2.05, 4.69) is 9.88 Å². The summed E-state index contributed by atoms with van der Waals surface area (Å²) in [4.78, 5) is 6.00. The molecule has 13 heavy (non-hydrogen) atoms. The molecule has 0 aromatic carbocycles. The van der Waals surface area contributed by atoms with Crippen molar-refractivity contribution in [3.8, 4) is 0 Å². The number of rotatable bonds is 2. The zero-order valence-electron chi connectivity index (χ0n) is 7.54. The molecule has 1 aromatic heterocycles. The second kappa shape index (κ2) is 3.83. The van der Waals surface area contributed by atoms with Gasteiger partial charge in [0.1, 0.15) is 0 Å². The van der Waals surface area contributed by atoms with E-state index in [1.54, 1.807) is 12.3 Å². The lowest BCUT2D eigenvalue weighted by atomic mass is 10.3. The molecule has 0 aliphatic carbocycles. The molecule has 3 heteroatoms. The first-order chi connectivity index (χ1) is 6.34. The summed E-state index contributed by atoms with van der Waals surface area (Å²) >= 11 is 0. The molecule has 1 fully saturated rings. The van der Waals surface area contributed by atoms with Gasteiger partial charge >= 0.3 is 0 Å². The third-order valence-corrected chi connectivity index (χ3v) is 2.39. The lowest BCUT2D eigenvalue weighted by molar-refractivity contribution is 0.330. The number of hydrogen-bond acceptors (Lipinski definition) is 2. The van der Waals surface area contributed by atoms with E-state index in [1.165, 1.54) is 18.9 Å². The van der Waals surface area contributed by atoms with Crippen molar-refractivity contribution in [1.29, 1.82) is 0 Å². The predicted octanol–water partition coefficient (Wildman–Crippen LogP) is 1.82. The zero-order chi connectivity index (χ0) is 9.10. The molecule has 0 spiro atoms. The van der Waals surface area contributed by atoms with Crippen LogP contribution in [0.3, 0.4) is 0 Å². The normalized spacial score (nSPS) is 17.9. The first-order valence-corrected chi connectivity index (χ1v) is 4.67. The summed E-state index contributed by atoms with van der Waals surface area (Å²) in [5.41, 5.74) is 1.10. The molecule has 2 heterocycles. The lowest BCUT2D eigenvalue weighted by Gasteiger charge is -2.13. The van der Waals surface area contributed by atoms with Crippen LogP contribution in [0.15, 0.2) is 18.3 Å². The third kappa shape index (κ3) is 2.25. The van der Waals surface area contributed by atoms with Crippen LogP contribution < -0.4 is 0 Å². The minimum atomic E-state index is -0.398. The van der Waals surface area contributed by atoms with E-state index < -0.39 is 5.95 Å². The second-order valence-corrected chi connectivity index (χ2v) is 3.47. The molecule has 0 amide bonds. The predicted molar refractivity (Wildman–Crippen MR) is 48.7 cm³/mol. The van der Waals surface area contributed by atoms with E-state index in [4.69, 9.17) is 0 Å². The Labute approximate surface area is 77.4 Å². The van der Waals surface area contributed by atoms with Gasteiger partial charge in [-0.05, 0) is 37.6 Å². The van der Waals surface area contributed by atoms with Gasteiger partial charge in [0.25, 0.3) is 0 Å². The molecule has 0 radical (unpaired) electrons. The van der Waals surface area contributed by atoms with E-state index in [-0.39, 0.29) is 0 Å². The van der Waals surface area contributed by atoms with Crippen molar-refractivity contribution in [3.05, 3.63) is 29.8 Å². The molecule has 0 bridgehead atoms. The first-order valence-electron chi connectivity index (χ1n) is 4.67. The smallest absolute Gasteiger partial charge is 0.212 e. The monoisotopic (exact) mass is 180 g/mol. The van der Waals surface area contributed by atoms with Crippen LogP contribution in [0.25, 0.3) is 0 Å². The maximum absolute atomic E-state index is 12.5. The summed E-state index contributed by atoms with van der Waals surface area (Å²) in [5.74, 6) is -0.398. The largest absolute Gasteiger partial charge is 0.299 e. The fourth-order valence-corrected chi connectivity index (χ4v) is 1.70. The van der Waals surface area contributed by atoms with Gasteiger partial charge in [-0.3, -0.25) is 4.90 Å². The standard InChI is InChI=1S/C10H13FN2/c11-10-4-3-9(7-12-10)8-13-5-1-2-6-13/h3-4,7H,1-2,5-6,8H2. The molecular formula is C10H13FN2. The number of likely N-dealkylation sites (tertiary alicyclic amines) is 1. The summed E-state index contributed by atoms with van der Waals surface area (Å²) < 4.78 is 12.5. The summed E-state index contributed by atoms with van der Waals surface area (Å²) in [5, 5.41) is 0. The maximum atomic E-state index is 12.5. The third-order valence-electron chi connectivity index (χ3n) is 2.39. The molecule has 2 rings (SSSR count). The van der Waals surface area contributed by atoms with Crippen LogP contribution in [-0.2, 0) is 6.54 Å². The minimum absolute atomic E-state index is 0.398. The Balaban J connectivity index is 1.97. The summed E-state index contributed by atoms with van der Waals surface area (Å²) in [6.45, 7) is 3.24. The summed E-state index contributed by atoms with van der Waals surface area (Å²) in [6.07, 6.45) is 4.19. The molecule has 0 atom stereocenters. The fraction of sp³-hybridized carbons (Fsp3) is 0.500. The van der Waals surface area contributed by atoms with Crippen molar-refractivity contribution in [1.82, 2.24) is 9.88 Å². The van der Waals surface area contributed by atoms with Crippen LogP contribution in [0.4, 0.5) is 4.39 Å². The average molecular weight is 180 g/mol. The highest BCUT2D eigenvalue weighted by molar-refractivity contribution is 5.09. The molecule has 0 saturated carbocycles. The van der Waals surface area contributed by atoms with Gasteiger partial charge in [-0.1, -0.05) is 6.07 Å². The van der Waals surface area contributed by atoms with Crippen LogP contribution in [0.1, 0.15) is 18.4 Å². The maximum Gasteiger partial charge on any atom is 0.212 e. The first kappa shape index (κ1) is 8.63. The Morgan fingerprint density at radius 2 is 2.08 bits per heavy atom. The molecule has 1 saturated heterocycles. The molecule has 1 aliphatic rings. The highest BCUT2D eigenvalue weighted by Crippen LogP contribution is 2.11. The highest BCUT2D eigenvalue weighted by atomic mass is 19.1. The van der Waals surface area contributed by atoms with Gasteiger partial charge in [-0.2, -0.15) is 4.39 Å². The quantitative estimate of drug-likeness (QED) is 0.645. The summed E-state index contributed by atoms with van der Waals surface area (Å²) in [6, 6.07) is 3.23. The van der Waals surface area contributed by atoms with Crippen LogP contribution in [0, 0.1) is 5.95 Å². The molecule has 2 nitrogen and oxygen atoms in total. The van der Waals surface area contributed by atoms with Gasteiger partial charge < -0.3 is 0 Å². The molecular weight excluding hydrogens is 167 g/mol. The van der Waals surface area contributed by atoms with E-state index in [9.17, 15) is 4.39 Å². The highest BCUT2D eigenvalue weighted by Gasteiger charge is 2.11. The molecule has 1 aliphatic heterocycles. The molecule has 0 unspecified atom stereocenters. The van der Waals surface area contributed by atoms with E-state index in [0.29, 0.717) is 0 Å². The summed E-state index contributed by atoms with van der Waals surface area (Å²) in [7, 11) is 0. The Hall–Kier alpha value is -0.960. The number of halogens is 1. The van der Waals surface area contributed by atoms with Crippen molar-refractivity contribution in [2.24, 2.45) is 0 Å². The van der Waals surface area contributed by atoms with Gasteiger partial charge in [0, 0.05) is 12.7 Å². The van der Waals surface area contributed by atoms with Crippen LogP contribution >= 0.6 is 0 Å². The SMILES string of the molecule is Fc1ccc(CN2CCCC2)cn1. The second-order valence-electron chi connectivity index (χ2n) is 3.47. The van der Waals surface area contributed by atoms with Gasteiger partial charge in [0.2, 0.25) is 5.95 Å². The van der Waals surface area contributed by atoms with Crippen LogP contribution in [0.5, 0.6) is 0 Å². The molecule has 1 aromatic rings. The van der Waals surface area contributed by atoms with Crippen LogP contribution in [-0.4, -0.2) is 23.0 Å². The Morgan fingerprint density at radius 3 is 2.69 bits per heavy atom. The average Bonchev–Trinajstić information content (AvgIpc) is 2.62. The number of aromatic nitrogens is 1. The van der Waals surface area contributed by atoms with E-state index in [1.807, 2.05) is 0 Å².